The fraction of sp³-hybridized carbons (Fsp3) is 0.500. The topological polar surface area (TPSA) is 119 Å². The highest BCUT2D eigenvalue weighted by Crippen LogP contribution is 2.51. The molecule has 1 aromatic carbocycles. The van der Waals surface area contributed by atoms with Crippen LogP contribution >= 0.6 is 7.60 Å². The van der Waals surface area contributed by atoms with Crippen LogP contribution in [0.15, 0.2) is 24.3 Å². The number of rotatable bonds is 12. The van der Waals surface area contributed by atoms with Gasteiger partial charge in [-0.1, -0.05) is 12.1 Å². The lowest BCUT2D eigenvalue weighted by molar-refractivity contribution is -0.139. The van der Waals surface area contributed by atoms with Crippen LogP contribution in [0.4, 0.5) is 0 Å². The largest absolute Gasteiger partial charge is 0.480 e. The number of carbonyl (C=O) groups is 3. The molecule has 2 N–H and O–H groups in total. The van der Waals surface area contributed by atoms with Gasteiger partial charge in [0.1, 0.15) is 11.8 Å². The number of Topliss-reactive ketones (excluding diaryl/α,β-unsaturated/α-hetero) is 1. The molecule has 0 heterocycles. The number of nitrogens with one attached hydrogen (secondary N) is 1. The Hall–Kier alpha value is -2.02. The zero-order chi connectivity index (χ0) is 20.4. The van der Waals surface area contributed by atoms with Crippen LogP contribution in [-0.4, -0.2) is 42.0 Å². The summed E-state index contributed by atoms with van der Waals surface area (Å²) < 4.78 is 23.0. The summed E-state index contributed by atoms with van der Waals surface area (Å²) in [7, 11) is -3.24. The Balaban J connectivity index is 2.79. The predicted molar refractivity (Wildman–Crippen MR) is 99.8 cm³/mol. The molecular weight excluding hydrogens is 373 g/mol. The molecule has 1 aromatic rings. The highest BCUT2D eigenvalue weighted by molar-refractivity contribution is 7.53. The van der Waals surface area contributed by atoms with Crippen molar-refractivity contribution in [3.8, 4) is 0 Å². The molecule has 150 valence electrons. The first-order valence-corrected chi connectivity index (χ1v) is 10.4. The molecule has 8 nitrogen and oxygen atoms in total. The molecule has 0 spiro atoms. The van der Waals surface area contributed by atoms with E-state index in [0.717, 1.165) is 0 Å². The van der Waals surface area contributed by atoms with Gasteiger partial charge in [0.15, 0.2) is 0 Å². The summed E-state index contributed by atoms with van der Waals surface area (Å²) >= 11 is 0. The summed E-state index contributed by atoms with van der Waals surface area (Å²) in [5.74, 6) is -1.90. The van der Waals surface area contributed by atoms with Crippen LogP contribution in [0.25, 0.3) is 0 Å². The SMILES string of the molecule is CCOP(=O)(Cc1ccc(C(=O)N[C@@H](CCC(C)=O)C(=O)O)cc1)OCC. The second-order valence-corrected chi connectivity index (χ2v) is 7.96. The molecule has 0 saturated heterocycles. The first kappa shape index (κ1) is 23.0. The molecule has 0 radical (unpaired) electrons. The van der Waals surface area contributed by atoms with Gasteiger partial charge in [0.2, 0.25) is 0 Å². The normalized spacial score (nSPS) is 12.4. The van der Waals surface area contributed by atoms with Gasteiger partial charge in [-0.15, -0.1) is 0 Å². The third-order valence-electron chi connectivity index (χ3n) is 3.63. The molecular formula is C18H26NO7P. The van der Waals surface area contributed by atoms with E-state index in [0.29, 0.717) is 5.56 Å². The van der Waals surface area contributed by atoms with E-state index in [1.54, 1.807) is 26.0 Å². The summed E-state index contributed by atoms with van der Waals surface area (Å²) in [4.78, 5) is 34.5. The smallest absolute Gasteiger partial charge is 0.335 e. The van der Waals surface area contributed by atoms with Gasteiger partial charge in [0, 0.05) is 12.0 Å². The van der Waals surface area contributed by atoms with E-state index in [4.69, 9.17) is 14.2 Å². The van der Waals surface area contributed by atoms with Gasteiger partial charge in [-0.05, 0) is 44.9 Å². The second-order valence-electron chi connectivity index (χ2n) is 5.91. The number of carboxylic acid groups (broad SMARTS) is 1. The van der Waals surface area contributed by atoms with Crippen molar-refractivity contribution in [2.45, 2.75) is 45.8 Å². The van der Waals surface area contributed by atoms with Crippen LogP contribution in [0.1, 0.15) is 49.5 Å². The third kappa shape index (κ3) is 8.03. The molecule has 0 aliphatic carbocycles. The second kappa shape index (κ2) is 11.0. The van der Waals surface area contributed by atoms with E-state index in [2.05, 4.69) is 5.32 Å². The minimum absolute atomic E-state index is 0.0282. The van der Waals surface area contributed by atoms with Crippen molar-refractivity contribution in [1.82, 2.24) is 5.32 Å². The molecule has 0 aliphatic heterocycles. The van der Waals surface area contributed by atoms with Crippen LogP contribution in [0.5, 0.6) is 0 Å². The number of ketones is 1. The van der Waals surface area contributed by atoms with Gasteiger partial charge < -0.3 is 24.3 Å². The Morgan fingerprint density at radius 1 is 1.11 bits per heavy atom. The van der Waals surface area contributed by atoms with Gasteiger partial charge in [0.25, 0.3) is 5.91 Å². The van der Waals surface area contributed by atoms with Crippen LogP contribution in [-0.2, 0) is 29.4 Å². The molecule has 1 atom stereocenters. The zero-order valence-corrected chi connectivity index (χ0v) is 16.7. The summed E-state index contributed by atoms with van der Waals surface area (Å²) in [5, 5.41) is 11.6. The monoisotopic (exact) mass is 399 g/mol. The van der Waals surface area contributed by atoms with Crippen molar-refractivity contribution in [1.29, 1.82) is 0 Å². The molecule has 0 bridgehead atoms. The number of benzene rings is 1. The molecule has 0 unspecified atom stereocenters. The first-order chi connectivity index (χ1) is 12.7. The summed E-state index contributed by atoms with van der Waals surface area (Å²) in [6.45, 7) is 5.33. The molecule has 0 aromatic heterocycles. The molecule has 9 heteroatoms. The maximum atomic E-state index is 12.5. The van der Waals surface area contributed by atoms with Gasteiger partial charge in [-0.3, -0.25) is 9.36 Å². The number of hydrogen-bond acceptors (Lipinski definition) is 6. The summed E-state index contributed by atoms with van der Waals surface area (Å²) in [6, 6.07) is 5.11. The Bertz CT molecular complexity index is 692. The van der Waals surface area contributed by atoms with Crippen molar-refractivity contribution >= 4 is 25.3 Å². The third-order valence-corrected chi connectivity index (χ3v) is 5.69. The fourth-order valence-electron chi connectivity index (χ4n) is 2.35. The number of aliphatic carboxylic acids is 1. The molecule has 27 heavy (non-hydrogen) atoms. The minimum Gasteiger partial charge on any atom is -0.480 e. The number of carbonyl (C=O) groups excluding carboxylic acids is 2. The Morgan fingerprint density at radius 2 is 1.67 bits per heavy atom. The van der Waals surface area contributed by atoms with E-state index in [1.807, 2.05) is 0 Å². The van der Waals surface area contributed by atoms with Crippen molar-refractivity contribution < 1.29 is 33.1 Å². The lowest BCUT2D eigenvalue weighted by atomic mass is 10.1. The van der Waals surface area contributed by atoms with Crippen molar-refractivity contribution in [2.24, 2.45) is 0 Å². The molecule has 0 saturated carbocycles. The van der Waals surface area contributed by atoms with Crippen LogP contribution in [0, 0.1) is 0 Å². The maximum Gasteiger partial charge on any atom is 0.335 e. The fourth-order valence-corrected chi connectivity index (χ4v) is 4.06. The van der Waals surface area contributed by atoms with Gasteiger partial charge in [-0.25, -0.2) is 4.79 Å². The van der Waals surface area contributed by atoms with Crippen LogP contribution < -0.4 is 5.32 Å². The highest BCUT2D eigenvalue weighted by Gasteiger charge is 2.24. The Kier molecular flexibility index (Phi) is 9.35. The van der Waals surface area contributed by atoms with E-state index in [-0.39, 0.29) is 43.6 Å². The molecule has 1 amide bonds. The standard InChI is InChI=1S/C18H26NO7P/c1-4-25-27(24,26-5-2)12-14-7-9-15(10-8-14)17(21)19-16(18(22)23)11-6-13(3)20/h7-10,16H,4-6,11-12H2,1-3H3,(H,19,21)(H,22,23)/t16-/m0/s1. The predicted octanol–water partition coefficient (Wildman–Crippen LogP) is 3.00. The molecule has 0 fully saturated rings. The van der Waals surface area contributed by atoms with Crippen molar-refractivity contribution in [3.05, 3.63) is 35.4 Å². The number of hydrogen-bond donors (Lipinski definition) is 2. The summed E-state index contributed by atoms with van der Waals surface area (Å²) in [5.41, 5.74) is 0.929. The van der Waals surface area contributed by atoms with Crippen LogP contribution in [0.3, 0.4) is 0 Å². The van der Waals surface area contributed by atoms with E-state index in [9.17, 15) is 18.9 Å². The van der Waals surface area contributed by atoms with Gasteiger partial charge in [-0.2, -0.15) is 0 Å². The van der Waals surface area contributed by atoms with E-state index in [1.165, 1.54) is 19.1 Å². The highest BCUT2D eigenvalue weighted by atomic mass is 31.2. The Morgan fingerprint density at radius 3 is 2.11 bits per heavy atom. The molecule has 1 rings (SSSR count). The van der Waals surface area contributed by atoms with Gasteiger partial charge >= 0.3 is 13.6 Å². The number of carboxylic acids is 1. The molecule has 0 aliphatic rings. The van der Waals surface area contributed by atoms with Crippen LogP contribution in [0.2, 0.25) is 0 Å². The lowest BCUT2D eigenvalue weighted by Crippen LogP contribution is -2.41. The minimum atomic E-state index is -3.24. The van der Waals surface area contributed by atoms with E-state index >= 15 is 0 Å². The zero-order valence-electron chi connectivity index (χ0n) is 15.8. The first-order valence-electron chi connectivity index (χ1n) is 8.71. The van der Waals surface area contributed by atoms with Gasteiger partial charge in [0.05, 0.1) is 19.4 Å². The van der Waals surface area contributed by atoms with E-state index < -0.39 is 25.5 Å². The Labute approximate surface area is 158 Å². The average molecular weight is 399 g/mol. The lowest BCUT2D eigenvalue weighted by Gasteiger charge is -2.17. The van der Waals surface area contributed by atoms with Crippen molar-refractivity contribution in [2.75, 3.05) is 13.2 Å². The van der Waals surface area contributed by atoms with Crippen molar-refractivity contribution in [3.63, 3.8) is 0 Å². The summed E-state index contributed by atoms with van der Waals surface area (Å²) in [6.07, 6.45) is 0.174. The maximum absolute atomic E-state index is 12.5. The number of amides is 1. The average Bonchev–Trinajstić information content (AvgIpc) is 2.58. The quantitative estimate of drug-likeness (QED) is 0.519.